The van der Waals surface area contributed by atoms with Crippen LogP contribution in [0.3, 0.4) is 0 Å². The third-order valence-electron chi connectivity index (χ3n) is 5.88. The van der Waals surface area contributed by atoms with Gasteiger partial charge in [-0.1, -0.05) is 50.2 Å². The summed E-state index contributed by atoms with van der Waals surface area (Å²) in [6.45, 7) is 5.95. The van der Waals surface area contributed by atoms with E-state index in [0.717, 1.165) is 6.54 Å². The van der Waals surface area contributed by atoms with Crippen molar-refractivity contribution < 1.29 is 9.90 Å². The van der Waals surface area contributed by atoms with Gasteiger partial charge in [0.1, 0.15) is 0 Å². The lowest BCUT2D eigenvalue weighted by Crippen LogP contribution is -2.24. The maximum Gasteiger partial charge on any atom is 0.337 e. The first-order valence-electron chi connectivity index (χ1n) is 10.3. The summed E-state index contributed by atoms with van der Waals surface area (Å²) in [5.74, 6) is -0.481. The molecule has 1 aromatic heterocycles. The van der Waals surface area contributed by atoms with Crippen molar-refractivity contribution in [2.45, 2.75) is 32.4 Å². The number of carbonyl (C=O) groups is 1. The lowest BCUT2D eigenvalue weighted by atomic mass is 9.91. The number of nitrogens with one attached hydrogen (secondary N) is 1. The Labute approximate surface area is 177 Å². The van der Waals surface area contributed by atoms with Gasteiger partial charge in [-0.2, -0.15) is 0 Å². The van der Waals surface area contributed by atoms with Crippen LogP contribution in [0.4, 0.5) is 5.69 Å². The van der Waals surface area contributed by atoms with Gasteiger partial charge in [0.15, 0.2) is 0 Å². The van der Waals surface area contributed by atoms with Gasteiger partial charge in [-0.15, -0.1) is 0 Å². The average molecular weight is 402 g/mol. The van der Waals surface area contributed by atoms with E-state index >= 15 is 0 Å². The molecule has 1 aliphatic heterocycles. The van der Waals surface area contributed by atoms with E-state index in [4.69, 9.17) is 0 Å². The molecule has 0 radical (unpaired) electrons. The second-order valence-corrected chi connectivity index (χ2v) is 8.19. The predicted octanol–water partition coefficient (Wildman–Crippen LogP) is 5.17. The van der Waals surface area contributed by atoms with Gasteiger partial charge < -0.3 is 10.4 Å². The van der Waals surface area contributed by atoms with Crippen LogP contribution in [0.1, 0.15) is 52.9 Å². The smallest absolute Gasteiger partial charge is 0.337 e. The van der Waals surface area contributed by atoms with Gasteiger partial charge in [-0.3, -0.25) is 9.88 Å². The Morgan fingerprint density at radius 3 is 2.80 bits per heavy atom. The molecule has 0 bridgehead atoms. The van der Waals surface area contributed by atoms with Crippen LogP contribution in [0.15, 0.2) is 60.9 Å². The number of carboxylic acid groups (broad SMARTS) is 1. The van der Waals surface area contributed by atoms with E-state index in [1.807, 2.05) is 0 Å². The summed E-state index contributed by atoms with van der Waals surface area (Å²) >= 11 is 0. The number of likely N-dealkylation sites (N-methyl/N-ethyl adjacent to an activating group) is 1. The van der Waals surface area contributed by atoms with Crippen LogP contribution in [0, 0.1) is 0 Å². The van der Waals surface area contributed by atoms with E-state index < -0.39 is 5.97 Å². The zero-order valence-electron chi connectivity index (χ0n) is 17.6. The van der Waals surface area contributed by atoms with Crippen molar-refractivity contribution in [3.8, 4) is 11.1 Å². The Kier molecular flexibility index (Phi) is 5.55. The summed E-state index contributed by atoms with van der Waals surface area (Å²) < 4.78 is 0. The summed E-state index contributed by atoms with van der Waals surface area (Å²) in [7, 11) is 2.11. The van der Waals surface area contributed by atoms with Crippen molar-refractivity contribution in [1.29, 1.82) is 0 Å². The van der Waals surface area contributed by atoms with E-state index in [2.05, 4.69) is 78.6 Å². The molecule has 2 N–H and O–H groups in total. The lowest BCUT2D eigenvalue weighted by Gasteiger charge is -2.22. The molecule has 30 heavy (non-hydrogen) atoms. The minimum Gasteiger partial charge on any atom is -0.478 e. The van der Waals surface area contributed by atoms with Crippen molar-refractivity contribution in [3.63, 3.8) is 0 Å². The molecular formula is C25H27N3O2. The fourth-order valence-corrected chi connectivity index (χ4v) is 4.31. The number of pyridine rings is 1. The standard InChI is InChI=1S/C25H27N3O2/c1-16(2)19-6-4-5-7-20(19)17-8-9-21-18(12-17)15-28(3)24(21)14-27-23-13-26-11-10-22(23)25(29)30/h4-13,16,24,27H,14-15H2,1-3H3,(H,29,30). The largest absolute Gasteiger partial charge is 0.478 e. The van der Waals surface area contributed by atoms with E-state index in [-0.39, 0.29) is 11.6 Å². The molecule has 5 nitrogen and oxygen atoms in total. The van der Waals surface area contributed by atoms with Gasteiger partial charge in [0.25, 0.3) is 0 Å². The van der Waals surface area contributed by atoms with Gasteiger partial charge in [-0.05, 0) is 52.9 Å². The third kappa shape index (κ3) is 3.81. The molecule has 0 fully saturated rings. The summed E-state index contributed by atoms with van der Waals surface area (Å²) in [5, 5.41) is 12.7. The number of nitrogens with zero attached hydrogens (tertiary/aromatic N) is 2. The molecule has 3 aromatic rings. The van der Waals surface area contributed by atoms with Crippen molar-refractivity contribution in [1.82, 2.24) is 9.88 Å². The van der Waals surface area contributed by atoms with E-state index in [9.17, 15) is 9.90 Å². The Hall–Kier alpha value is -3.18. The highest BCUT2D eigenvalue weighted by molar-refractivity contribution is 5.93. The maximum absolute atomic E-state index is 11.4. The number of fused-ring (bicyclic) bond motifs is 1. The van der Waals surface area contributed by atoms with Gasteiger partial charge in [0.2, 0.25) is 0 Å². The number of rotatable bonds is 6. The molecule has 2 aromatic carbocycles. The zero-order chi connectivity index (χ0) is 21.3. The zero-order valence-corrected chi connectivity index (χ0v) is 17.6. The molecule has 1 unspecified atom stereocenters. The number of anilines is 1. The maximum atomic E-state index is 11.4. The monoisotopic (exact) mass is 401 g/mol. The van der Waals surface area contributed by atoms with E-state index in [0.29, 0.717) is 18.2 Å². The third-order valence-corrected chi connectivity index (χ3v) is 5.88. The molecule has 0 amide bonds. The lowest BCUT2D eigenvalue weighted by molar-refractivity contribution is 0.0697. The SMILES string of the molecule is CC(C)c1ccccc1-c1ccc2c(c1)CN(C)C2CNc1cnccc1C(=O)O. The molecule has 154 valence electrons. The molecule has 0 aliphatic carbocycles. The quantitative estimate of drug-likeness (QED) is 0.597. The van der Waals surface area contributed by atoms with E-state index in [1.54, 1.807) is 6.20 Å². The highest BCUT2D eigenvalue weighted by Gasteiger charge is 2.28. The Balaban J connectivity index is 1.59. The van der Waals surface area contributed by atoms with Gasteiger partial charge >= 0.3 is 5.97 Å². The molecule has 0 spiro atoms. The number of aromatic carboxylic acids is 1. The summed E-state index contributed by atoms with van der Waals surface area (Å²) in [4.78, 5) is 17.8. The second kappa shape index (κ2) is 8.28. The highest BCUT2D eigenvalue weighted by atomic mass is 16.4. The molecule has 1 atom stereocenters. The van der Waals surface area contributed by atoms with Crippen molar-refractivity contribution in [2.24, 2.45) is 0 Å². The van der Waals surface area contributed by atoms with Crippen molar-refractivity contribution in [2.75, 3.05) is 18.9 Å². The number of aromatic nitrogens is 1. The van der Waals surface area contributed by atoms with Crippen LogP contribution in [-0.2, 0) is 6.54 Å². The van der Waals surface area contributed by atoms with Crippen LogP contribution < -0.4 is 5.32 Å². The molecule has 4 rings (SSSR count). The van der Waals surface area contributed by atoms with Crippen LogP contribution >= 0.6 is 0 Å². The topological polar surface area (TPSA) is 65.5 Å². The molecule has 1 aliphatic rings. The van der Waals surface area contributed by atoms with Crippen molar-refractivity contribution in [3.05, 3.63) is 83.2 Å². The number of benzene rings is 2. The van der Waals surface area contributed by atoms with E-state index in [1.165, 1.54) is 40.1 Å². The Morgan fingerprint density at radius 1 is 1.23 bits per heavy atom. The first-order valence-corrected chi connectivity index (χ1v) is 10.3. The fourth-order valence-electron chi connectivity index (χ4n) is 4.31. The number of hydrogen-bond acceptors (Lipinski definition) is 4. The summed E-state index contributed by atoms with van der Waals surface area (Å²) in [5.41, 5.74) is 7.31. The van der Waals surface area contributed by atoms with Gasteiger partial charge in [-0.25, -0.2) is 4.79 Å². The Bertz CT molecular complexity index is 1080. The summed E-state index contributed by atoms with van der Waals surface area (Å²) in [6.07, 6.45) is 3.08. The number of carboxylic acids is 1. The van der Waals surface area contributed by atoms with Crippen LogP contribution in [0.5, 0.6) is 0 Å². The van der Waals surface area contributed by atoms with Crippen LogP contribution in [0.25, 0.3) is 11.1 Å². The highest BCUT2D eigenvalue weighted by Crippen LogP contribution is 2.37. The molecular weight excluding hydrogens is 374 g/mol. The normalized spacial score (nSPS) is 15.9. The minimum atomic E-state index is -0.950. The summed E-state index contributed by atoms with van der Waals surface area (Å²) in [6, 6.07) is 17.0. The second-order valence-electron chi connectivity index (χ2n) is 8.19. The average Bonchev–Trinajstić information content (AvgIpc) is 3.06. The van der Waals surface area contributed by atoms with Crippen LogP contribution in [-0.4, -0.2) is 34.6 Å². The first-order chi connectivity index (χ1) is 14.5. The molecule has 5 heteroatoms. The van der Waals surface area contributed by atoms with Gasteiger partial charge in [0, 0.05) is 19.3 Å². The minimum absolute atomic E-state index is 0.177. The molecule has 0 saturated carbocycles. The van der Waals surface area contributed by atoms with Gasteiger partial charge in [0.05, 0.1) is 23.5 Å². The van der Waals surface area contributed by atoms with Crippen molar-refractivity contribution >= 4 is 11.7 Å². The molecule has 0 saturated heterocycles. The predicted molar refractivity (Wildman–Crippen MR) is 120 cm³/mol. The first kappa shape index (κ1) is 20.1. The molecule has 2 heterocycles. The number of hydrogen-bond donors (Lipinski definition) is 2. The fraction of sp³-hybridized carbons (Fsp3) is 0.280. The Morgan fingerprint density at radius 2 is 2.03 bits per heavy atom. The van der Waals surface area contributed by atoms with Crippen LogP contribution in [0.2, 0.25) is 0 Å².